The van der Waals surface area contributed by atoms with E-state index in [2.05, 4.69) is 59.4 Å². The second-order valence-corrected chi connectivity index (χ2v) is 6.07. The van der Waals surface area contributed by atoms with Crippen molar-refractivity contribution in [3.63, 3.8) is 0 Å². The average Bonchev–Trinajstić information content (AvgIpc) is 2.43. The molecule has 2 atom stereocenters. The van der Waals surface area contributed by atoms with E-state index in [1.54, 1.807) is 0 Å². The summed E-state index contributed by atoms with van der Waals surface area (Å²) < 4.78 is 0. The largest absolute Gasteiger partial charge is 0.311 e. The second-order valence-electron chi connectivity index (χ2n) is 6.07. The van der Waals surface area contributed by atoms with E-state index in [0.29, 0.717) is 12.1 Å². The summed E-state index contributed by atoms with van der Waals surface area (Å²) in [7, 11) is 0. The van der Waals surface area contributed by atoms with Gasteiger partial charge in [0.15, 0.2) is 0 Å². The summed E-state index contributed by atoms with van der Waals surface area (Å²) in [6.45, 7) is 9.81. The van der Waals surface area contributed by atoms with Gasteiger partial charge in [-0.05, 0) is 44.5 Å². The highest BCUT2D eigenvalue weighted by molar-refractivity contribution is 5.79. The summed E-state index contributed by atoms with van der Waals surface area (Å²) in [5, 5.41) is 4.77. The van der Waals surface area contributed by atoms with Crippen molar-refractivity contribution in [2.75, 3.05) is 13.1 Å². The molecule has 1 saturated heterocycles. The van der Waals surface area contributed by atoms with Gasteiger partial charge in [0.25, 0.3) is 0 Å². The number of fused-ring (bicyclic) bond motifs is 1. The Labute approximate surface area is 121 Å². The summed E-state index contributed by atoms with van der Waals surface area (Å²) in [6, 6.07) is 12.1. The predicted octanol–water partition coefficient (Wildman–Crippen LogP) is 2.73. The fourth-order valence-electron chi connectivity index (χ4n) is 2.93. The molecule has 0 saturated carbocycles. The van der Waals surface area contributed by atoms with Crippen LogP contribution in [0.1, 0.15) is 25.1 Å². The van der Waals surface area contributed by atoms with Crippen LogP contribution < -0.4 is 5.32 Å². The first-order valence-electron chi connectivity index (χ1n) is 7.45. The molecular formula is C17H23N3. The van der Waals surface area contributed by atoms with Crippen LogP contribution in [-0.4, -0.2) is 35.1 Å². The van der Waals surface area contributed by atoms with Crippen LogP contribution >= 0.6 is 0 Å². The molecule has 3 nitrogen and oxygen atoms in total. The highest BCUT2D eigenvalue weighted by Crippen LogP contribution is 2.18. The normalized spacial score (nSPS) is 24.1. The first kappa shape index (κ1) is 13.5. The lowest BCUT2D eigenvalue weighted by Crippen LogP contribution is -2.53. The van der Waals surface area contributed by atoms with E-state index in [1.165, 1.54) is 10.9 Å². The molecule has 0 aliphatic carbocycles. The molecule has 1 N–H and O–H groups in total. The lowest BCUT2D eigenvalue weighted by molar-refractivity contribution is 0.139. The zero-order chi connectivity index (χ0) is 14.1. The van der Waals surface area contributed by atoms with Crippen LogP contribution in [0.4, 0.5) is 0 Å². The van der Waals surface area contributed by atoms with Crippen molar-refractivity contribution in [2.45, 2.75) is 39.4 Å². The molecule has 2 aromatic rings. The maximum absolute atomic E-state index is 4.57. The summed E-state index contributed by atoms with van der Waals surface area (Å²) in [5.41, 5.74) is 3.55. The molecule has 0 radical (unpaired) electrons. The van der Waals surface area contributed by atoms with Crippen molar-refractivity contribution in [3.8, 4) is 0 Å². The average molecular weight is 269 g/mol. The molecule has 1 aromatic heterocycles. The van der Waals surface area contributed by atoms with E-state index in [0.717, 1.165) is 30.8 Å². The van der Waals surface area contributed by atoms with Crippen LogP contribution in [0.2, 0.25) is 0 Å². The van der Waals surface area contributed by atoms with Crippen molar-refractivity contribution in [1.82, 2.24) is 15.2 Å². The van der Waals surface area contributed by atoms with Gasteiger partial charge < -0.3 is 5.32 Å². The van der Waals surface area contributed by atoms with Gasteiger partial charge in [-0.1, -0.05) is 12.1 Å². The van der Waals surface area contributed by atoms with Gasteiger partial charge in [-0.3, -0.25) is 9.88 Å². The first-order chi connectivity index (χ1) is 9.61. The number of nitrogens with zero attached hydrogens (tertiary/aromatic N) is 2. The number of pyridine rings is 1. The minimum absolute atomic E-state index is 0.580. The third-order valence-electron chi connectivity index (χ3n) is 4.17. The monoisotopic (exact) mass is 269 g/mol. The molecule has 1 aliphatic rings. The molecule has 3 rings (SSSR count). The fourth-order valence-corrected chi connectivity index (χ4v) is 2.93. The fraction of sp³-hybridized carbons (Fsp3) is 0.471. The molecule has 2 unspecified atom stereocenters. The minimum Gasteiger partial charge on any atom is -0.311 e. The van der Waals surface area contributed by atoms with Crippen LogP contribution in [0.3, 0.4) is 0 Å². The number of rotatable bonds is 2. The number of nitrogens with one attached hydrogen (secondary N) is 1. The molecule has 1 aliphatic heterocycles. The zero-order valence-corrected chi connectivity index (χ0v) is 12.6. The highest BCUT2D eigenvalue weighted by atomic mass is 15.2. The number of hydrogen-bond acceptors (Lipinski definition) is 3. The van der Waals surface area contributed by atoms with Crippen LogP contribution in [-0.2, 0) is 6.54 Å². The zero-order valence-electron chi connectivity index (χ0n) is 12.6. The summed E-state index contributed by atoms with van der Waals surface area (Å²) in [4.78, 5) is 7.13. The molecule has 0 bridgehead atoms. The number of piperazine rings is 1. The second kappa shape index (κ2) is 5.51. The van der Waals surface area contributed by atoms with Crippen LogP contribution in [0.25, 0.3) is 10.9 Å². The van der Waals surface area contributed by atoms with Gasteiger partial charge in [0.1, 0.15) is 0 Å². The van der Waals surface area contributed by atoms with E-state index in [4.69, 9.17) is 0 Å². The molecule has 106 valence electrons. The maximum atomic E-state index is 4.57. The third kappa shape index (κ3) is 2.84. The van der Waals surface area contributed by atoms with E-state index in [-0.39, 0.29) is 0 Å². The van der Waals surface area contributed by atoms with E-state index < -0.39 is 0 Å². The van der Waals surface area contributed by atoms with E-state index in [9.17, 15) is 0 Å². The van der Waals surface area contributed by atoms with E-state index >= 15 is 0 Å². The molecule has 1 fully saturated rings. The number of benzene rings is 1. The summed E-state index contributed by atoms with van der Waals surface area (Å²) in [6.07, 6.45) is 0. The van der Waals surface area contributed by atoms with Crippen molar-refractivity contribution in [2.24, 2.45) is 0 Å². The van der Waals surface area contributed by atoms with E-state index in [1.807, 2.05) is 6.92 Å². The summed E-state index contributed by atoms with van der Waals surface area (Å²) >= 11 is 0. The third-order valence-corrected chi connectivity index (χ3v) is 4.17. The molecule has 0 spiro atoms. The number of hydrogen-bond donors (Lipinski definition) is 1. The lowest BCUT2D eigenvalue weighted by Gasteiger charge is -2.37. The van der Waals surface area contributed by atoms with Gasteiger partial charge >= 0.3 is 0 Å². The van der Waals surface area contributed by atoms with Crippen molar-refractivity contribution in [1.29, 1.82) is 0 Å². The maximum Gasteiger partial charge on any atom is 0.0705 e. The Morgan fingerprint density at radius 3 is 2.95 bits per heavy atom. The highest BCUT2D eigenvalue weighted by Gasteiger charge is 2.22. The Hall–Kier alpha value is -1.45. The smallest absolute Gasteiger partial charge is 0.0705 e. The summed E-state index contributed by atoms with van der Waals surface area (Å²) in [5.74, 6) is 0. The molecule has 20 heavy (non-hydrogen) atoms. The minimum atomic E-state index is 0.580. The Morgan fingerprint density at radius 1 is 1.25 bits per heavy atom. The van der Waals surface area contributed by atoms with Crippen LogP contribution in [0.15, 0.2) is 30.3 Å². The lowest BCUT2D eigenvalue weighted by atomic mass is 10.1. The van der Waals surface area contributed by atoms with Crippen molar-refractivity contribution < 1.29 is 0 Å². The Bertz CT molecular complexity index is 608. The van der Waals surface area contributed by atoms with Crippen molar-refractivity contribution in [3.05, 3.63) is 41.6 Å². The Morgan fingerprint density at radius 2 is 2.10 bits per heavy atom. The standard InChI is InChI=1S/C17H23N3/c1-12-4-6-16-8-15(5-7-17(16)19-12)11-20-10-13(2)18-9-14(20)3/h4-8,13-14,18H,9-11H2,1-3H3. The first-order valence-corrected chi connectivity index (χ1v) is 7.45. The van der Waals surface area contributed by atoms with Gasteiger partial charge in [-0.15, -0.1) is 0 Å². The predicted molar refractivity (Wildman–Crippen MR) is 83.8 cm³/mol. The molecule has 3 heteroatoms. The molecular weight excluding hydrogens is 246 g/mol. The quantitative estimate of drug-likeness (QED) is 0.908. The van der Waals surface area contributed by atoms with Gasteiger partial charge in [0.2, 0.25) is 0 Å². The number of aryl methyl sites for hydroxylation is 1. The van der Waals surface area contributed by atoms with Gasteiger partial charge in [0, 0.05) is 42.8 Å². The SMILES string of the molecule is Cc1ccc2cc(CN3CC(C)NCC3C)ccc2n1. The Balaban J connectivity index is 1.81. The van der Waals surface area contributed by atoms with Crippen LogP contribution in [0, 0.1) is 6.92 Å². The number of aromatic nitrogens is 1. The molecule has 1 aromatic carbocycles. The van der Waals surface area contributed by atoms with Gasteiger partial charge in [-0.25, -0.2) is 0 Å². The Kier molecular flexibility index (Phi) is 3.72. The van der Waals surface area contributed by atoms with Gasteiger partial charge in [0.05, 0.1) is 5.52 Å². The topological polar surface area (TPSA) is 28.2 Å². The van der Waals surface area contributed by atoms with Crippen LogP contribution in [0.5, 0.6) is 0 Å². The molecule has 0 amide bonds. The van der Waals surface area contributed by atoms with Gasteiger partial charge in [-0.2, -0.15) is 0 Å². The molecule has 2 heterocycles. The van der Waals surface area contributed by atoms with Crippen molar-refractivity contribution >= 4 is 10.9 Å².